The molecule has 1 aromatic heterocycles. The van der Waals surface area contributed by atoms with Crippen LogP contribution in [-0.2, 0) is 6.18 Å². The van der Waals surface area contributed by atoms with Gasteiger partial charge in [-0.1, -0.05) is 0 Å². The van der Waals surface area contributed by atoms with Gasteiger partial charge in [0.15, 0.2) is 0 Å². The van der Waals surface area contributed by atoms with Gasteiger partial charge in [-0.3, -0.25) is 4.90 Å². The Hall–Kier alpha value is -1.30. The molecule has 0 bridgehead atoms. The lowest BCUT2D eigenvalue weighted by atomic mass is 10.2. The lowest BCUT2D eigenvalue weighted by Gasteiger charge is -2.25. The first-order valence-corrected chi connectivity index (χ1v) is 5.62. The number of hydrogen-bond donors (Lipinski definition) is 1. The molecule has 0 atom stereocenters. The van der Waals surface area contributed by atoms with Crippen molar-refractivity contribution in [3.8, 4) is 0 Å². The van der Waals surface area contributed by atoms with Gasteiger partial charge in [0.25, 0.3) is 5.82 Å². The Morgan fingerprint density at radius 3 is 2.35 bits per heavy atom. The summed E-state index contributed by atoms with van der Waals surface area (Å²) in [6.45, 7) is 3.76. The fraction of sp³-hybridized carbons (Fsp3) is 0.545. The highest BCUT2D eigenvalue weighted by molar-refractivity contribution is 5.34. The third kappa shape index (κ3) is 2.88. The van der Waals surface area contributed by atoms with Crippen molar-refractivity contribution in [2.75, 3.05) is 38.1 Å². The van der Waals surface area contributed by atoms with Crippen LogP contribution in [0.2, 0.25) is 0 Å². The van der Waals surface area contributed by atoms with Crippen LogP contribution in [0.25, 0.3) is 0 Å². The van der Waals surface area contributed by atoms with E-state index >= 15 is 0 Å². The molecule has 0 amide bonds. The van der Waals surface area contributed by atoms with E-state index in [1.165, 1.54) is 11.0 Å². The lowest BCUT2D eigenvalue weighted by Crippen LogP contribution is -3.12. The summed E-state index contributed by atoms with van der Waals surface area (Å²) in [4.78, 5) is 6.25. The van der Waals surface area contributed by atoms with Gasteiger partial charge in [0.05, 0.1) is 12.6 Å². The van der Waals surface area contributed by atoms with Gasteiger partial charge in [0.1, 0.15) is 32.4 Å². The number of anilines is 1. The molecule has 1 aliphatic rings. The van der Waals surface area contributed by atoms with Crippen LogP contribution in [-0.4, -0.2) is 33.2 Å². The van der Waals surface area contributed by atoms with Crippen molar-refractivity contribution in [1.29, 1.82) is 0 Å². The normalized spacial score (nSPS) is 18.5. The largest absolute Gasteiger partial charge is 0.419 e. The second kappa shape index (κ2) is 4.52. The number of quaternary nitrogens is 1. The molecule has 1 aliphatic heterocycles. The monoisotopic (exact) mass is 247 g/mol. The third-order valence-electron chi connectivity index (χ3n) is 3.08. The zero-order valence-corrected chi connectivity index (χ0v) is 9.64. The number of nitrogens with one attached hydrogen (secondary N) is 2. The summed E-state index contributed by atoms with van der Waals surface area (Å²) in [6.07, 6.45) is -3.25. The quantitative estimate of drug-likeness (QED) is 0.732. The molecular weight excluding hydrogens is 231 g/mol. The average Bonchev–Trinajstić information content (AvgIpc) is 2.29. The molecule has 94 valence electrons. The number of pyridine rings is 1. The predicted molar refractivity (Wildman–Crippen MR) is 56.8 cm³/mol. The summed E-state index contributed by atoms with van der Waals surface area (Å²) < 4.78 is 37.1. The standard InChI is InChI=1S/C11H14F3N3/c1-16-4-6-17(7-5-16)10-3-2-9(8-15-10)11(12,13)14/h2-3,8H,4-7H2,1H3/p+2. The summed E-state index contributed by atoms with van der Waals surface area (Å²) in [5, 5.41) is 0. The van der Waals surface area contributed by atoms with Crippen molar-refractivity contribution >= 4 is 5.82 Å². The van der Waals surface area contributed by atoms with Gasteiger partial charge in [0.2, 0.25) is 0 Å². The zero-order chi connectivity index (χ0) is 12.5. The predicted octanol–water partition coefficient (Wildman–Crippen LogP) is -0.146. The van der Waals surface area contributed by atoms with Crippen molar-refractivity contribution < 1.29 is 23.1 Å². The molecule has 17 heavy (non-hydrogen) atoms. The molecule has 3 nitrogen and oxygen atoms in total. The van der Waals surface area contributed by atoms with Crippen LogP contribution >= 0.6 is 0 Å². The van der Waals surface area contributed by atoms with E-state index in [9.17, 15) is 13.2 Å². The van der Waals surface area contributed by atoms with Crippen LogP contribution in [0, 0.1) is 0 Å². The molecule has 0 aromatic carbocycles. The topological polar surface area (TPSA) is 21.8 Å². The minimum atomic E-state index is -4.28. The second-order valence-corrected chi connectivity index (χ2v) is 4.40. The van der Waals surface area contributed by atoms with E-state index in [4.69, 9.17) is 0 Å². The molecule has 2 rings (SSSR count). The van der Waals surface area contributed by atoms with Gasteiger partial charge in [-0.2, -0.15) is 13.2 Å². The maximum atomic E-state index is 12.4. The summed E-state index contributed by atoms with van der Waals surface area (Å²) >= 11 is 0. The van der Waals surface area contributed by atoms with Crippen molar-refractivity contribution in [3.63, 3.8) is 0 Å². The van der Waals surface area contributed by atoms with Crippen LogP contribution in [0.15, 0.2) is 18.3 Å². The highest BCUT2D eigenvalue weighted by Crippen LogP contribution is 2.28. The van der Waals surface area contributed by atoms with Gasteiger partial charge in [-0.05, 0) is 6.07 Å². The molecule has 1 aromatic rings. The number of aromatic amines is 1. The molecule has 1 saturated heterocycles. The number of H-pyrrole nitrogens is 1. The number of likely N-dealkylation sites (N-methyl/N-ethyl adjacent to an activating group) is 1. The fourth-order valence-electron chi connectivity index (χ4n) is 1.92. The summed E-state index contributed by atoms with van der Waals surface area (Å²) in [6, 6.07) is 2.63. The first-order chi connectivity index (χ1) is 7.97. The lowest BCUT2D eigenvalue weighted by molar-refractivity contribution is -0.880. The van der Waals surface area contributed by atoms with Crippen LogP contribution in [0.5, 0.6) is 0 Å². The van der Waals surface area contributed by atoms with Crippen LogP contribution in [0.3, 0.4) is 0 Å². The molecule has 1 fully saturated rings. The van der Waals surface area contributed by atoms with Gasteiger partial charge in [-0.25, -0.2) is 4.98 Å². The van der Waals surface area contributed by atoms with Gasteiger partial charge in [0, 0.05) is 6.07 Å². The minimum Gasteiger partial charge on any atom is -0.331 e. The third-order valence-corrected chi connectivity index (χ3v) is 3.08. The number of nitrogens with zero attached hydrogens (tertiary/aromatic N) is 1. The van der Waals surface area contributed by atoms with E-state index in [0.29, 0.717) is 0 Å². The van der Waals surface area contributed by atoms with Crippen LogP contribution < -0.4 is 14.8 Å². The molecule has 0 spiro atoms. The number of alkyl halides is 3. The van der Waals surface area contributed by atoms with Gasteiger partial charge in [-0.15, -0.1) is 0 Å². The van der Waals surface area contributed by atoms with E-state index in [0.717, 1.165) is 44.3 Å². The molecule has 2 N–H and O–H groups in total. The summed E-state index contributed by atoms with van der Waals surface area (Å²) in [5.41, 5.74) is -0.638. The Morgan fingerprint density at radius 2 is 1.88 bits per heavy atom. The van der Waals surface area contributed by atoms with Gasteiger partial charge >= 0.3 is 6.18 Å². The smallest absolute Gasteiger partial charge is 0.331 e. The molecule has 0 unspecified atom stereocenters. The molecule has 0 aliphatic carbocycles. The first kappa shape index (κ1) is 12.2. The Bertz CT molecular complexity index is 367. The number of piperazine rings is 1. The second-order valence-electron chi connectivity index (χ2n) is 4.40. The Balaban J connectivity index is 2.08. The number of halogens is 3. The van der Waals surface area contributed by atoms with Crippen molar-refractivity contribution in [3.05, 3.63) is 23.9 Å². The highest BCUT2D eigenvalue weighted by Gasteiger charge is 2.32. The van der Waals surface area contributed by atoms with Crippen LogP contribution in [0.1, 0.15) is 5.56 Å². The Morgan fingerprint density at radius 1 is 1.24 bits per heavy atom. The molecule has 0 radical (unpaired) electrons. The van der Waals surface area contributed by atoms with E-state index in [-0.39, 0.29) is 0 Å². The number of rotatable bonds is 1. The summed E-state index contributed by atoms with van der Waals surface area (Å²) in [7, 11) is 2.12. The van der Waals surface area contributed by atoms with Crippen molar-refractivity contribution in [2.45, 2.75) is 6.18 Å². The van der Waals surface area contributed by atoms with E-state index < -0.39 is 11.7 Å². The maximum Gasteiger partial charge on any atom is 0.419 e. The SMILES string of the molecule is C[NH+]1CCN(c2ccc(C(F)(F)F)c[nH+]2)CC1. The van der Waals surface area contributed by atoms with Gasteiger partial charge < -0.3 is 4.90 Å². The fourth-order valence-corrected chi connectivity index (χ4v) is 1.92. The Labute approximate surface area is 97.9 Å². The highest BCUT2D eigenvalue weighted by atomic mass is 19.4. The van der Waals surface area contributed by atoms with Crippen LogP contribution in [0.4, 0.5) is 19.0 Å². The first-order valence-electron chi connectivity index (χ1n) is 5.62. The number of aromatic nitrogens is 1. The molecule has 0 saturated carbocycles. The van der Waals surface area contributed by atoms with E-state index in [1.54, 1.807) is 0 Å². The van der Waals surface area contributed by atoms with E-state index in [1.807, 2.05) is 0 Å². The minimum absolute atomic E-state index is 0.638. The molecule has 6 heteroatoms. The summed E-state index contributed by atoms with van der Waals surface area (Å²) in [5.74, 6) is 0.755. The molecular formula is C11H16F3N3+2. The van der Waals surface area contributed by atoms with Crippen molar-refractivity contribution in [1.82, 2.24) is 0 Å². The molecule has 2 heterocycles. The Kier molecular flexibility index (Phi) is 3.24. The maximum absolute atomic E-state index is 12.4. The van der Waals surface area contributed by atoms with Crippen molar-refractivity contribution in [2.24, 2.45) is 0 Å². The van der Waals surface area contributed by atoms with E-state index in [2.05, 4.69) is 16.9 Å². The number of hydrogen-bond acceptors (Lipinski definition) is 1. The average molecular weight is 247 g/mol. The zero-order valence-electron chi connectivity index (χ0n) is 9.64.